The van der Waals surface area contributed by atoms with Crippen LogP contribution in [0, 0.1) is 4.77 Å². The van der Waals surface area contributed by atoms with Gasteiger partial charge >= 0.3 is 0 Å². The van der Waals surface area contributed by atoms with Crippen LogP contribution >= 0.6 is 23.6 Å². The summed E-state index contributed by atoms with van der Waals surface area (Å²) in [5.41, 5.74) is 1.65. The molecule has 0 bridgehead atoms. The van der Waals surface area contributed by atoms with Crippen molar-refractivity contribution in [3.8, 4) is 5.69 Å². The average molecular weight is 303 g/mol. The summed E-state index contributed by atoms with van der Waals surface area (Å²) in [5.74, 6) is 0. The molecule has 1 N–H and O–H groups in total. The molecule has 0 spiro atoms. The van der Waals surface area contributed by atoms with Crippen LogP contribution in [0.2, 0.25) is 0 Å². The second-order valence-electron chi connectivity index (χ2n) is 4.62. The van der Waals surface area contributed by atoms with Crippen LogP contribution in [0.5, 0.6) is 0 Å². The third kappa shape index (κ3) is 1.97. The van der Waals surface area contributed by atoms with E-state index >= 15 is 0 Å². The van der Waals surface area contributed by atoms with E-state index in [9.17, 15) is 4.79 Å². The van der Waals surface area contributed by atoms with Crippen LogP contribution in [0.25, 0.3) is 15.9 Å². The first kappa shape index (κ1) is 13.1. The Morgan fingerprint density at radius 1 is 1.25 bits per heavy atom. The molecule has 0 amide bonds. The fourth-order valence-corrected chi connectivity index (χ4v) is 3.32. The highest BCUT2D eigenvalue weighted by atomic mass is 32.1. The van der Waals surface area contributed by atoms with Gasteiger partial charge in [0.2, 0.25) is 0 Å². The minimum atomic E-state index is -0.0840. The van der Waals surface area contributed by atoms with Gasteiger partial charge in [0.1, 0.15) is 4.83 Å². The number of thiophene rings is 1. The topological polar surface area (TPSA) is 41.0 Å². The van der Waals surface area contributed by atoms with E-state index in [1.165, 1.54) is 11.3 Å². The third-order valence-electron chi connectivity index (χ3n) is 3.13. The van der Waals surface area contributed by atoms with Gasteiger partial charge in [-0.3, -0.25) is 9.36 Å². The lowest BCUT2D eigenvalue weighted by atomic mass is 10.2. The van der Waals surface area contributed by atoms with Gasteiger partial charge in [0.25, 0.3) is 5.56 Å². The van der Waals surface area contributed by atoms with Crippen molar-refractivity contribution in [3.63, 3.8) is 0 Å². The van der Waals surface area contributed by atoms with Gasteiger partial charge < -0.3 is 9.88 Å². The smallest absolute Gasteiger partial charge is 0.267 e. The number of hydrogen-bond donors (Lipinski definition) is 1. The predicted molar refractivity (Wildman–Crippen MR) is 86.9 cm³/mol. The summed E-state index contributed by atoms with van der Waals surface area (Å²) < 4.78 is 1.97. The van der Waals surface area contributed by atoms with Crippen LogP contribution < -0.4 is 10.5 Å². The van der Waals surface area contributed by atoms with E-state index in [1.54, 1.807) is 4.57 Å². The third-order valence-corrected chi connectivity index (χ3v) is 4.24. The van der Waals surface area contributed by atoms with Crippen molar-refractivity contribution < 1.29 is 0 Å². The Balaban J connectivity index is 2.41. The monoisotopic (exact) mass is 303 g/mol. The molecule has 20 heavy (non-hydrogen) atoms. The Labute approximate surface area is 124 Å². The molecule has 3 rings (SSSR count). The minimum Gasteiger partial charge on any atom is -0.376 e. The summed E-state index contributed by atoms with van der Waals surface area (Å²) >= 11 is 6.84. The zero-order valence-corrected chi connectivity index (χ0v) is 12.7. The van der Waals surface area contributed by atoms with Crippen LogP contribution in [0.4, 0.5) is 5.69 Å². The molecule has 0 unspecified atom stereocenters. The number of benzene rings is 1. The van der Waals surface area contributed by atoms with E-state index in [0.29, 0.717) is 10.2 Å². The van der Waals surface area contributed by atoms with E-state index in [4.69, 9.17) is 12.2 Å². The molecular formula is C14H13N3OS2. The molecule has 0 aliphatic heterocycles. The molecule has 2 aromatic heterocycles. The number of nitrogens with one attached hydrogen (secondary N) is 1. The highest BCUT2D eigenvalue weighted by Gasteiger charge is 2.12. The summed E-state index contributed by atoms with van der Waals surface area (Å²) in [6, 6.07) is 9.54. The van der Waals surface area contributed by atoms with Crippen molar-refractivity contribution in [2.24, 2.45) is 0 Å². The highest BCUT2D eigenvalue weighted by molar-refractivity contribution is 7.71. The van der Waals surface area contributed by atoms with Crippen molar-refractivity contribution in [3.05, 3.63) is 50.8 Å². The zero-order chi connectivity index (χ0) is 14.3. The predicted octanol–water partition coefficient (Wildman–Crippen LogP) is 3.18. The Morgan fingerprint density at radius 2 is 2.00 bits per heavy atom. The van der Waals surface area contributed by atoms with E-state index in [2.05, 4.69) is 4.98 Å². The molecule has 0 fully saturated rings. The number of fused-ring (bicyclic) bond motifs is 1. The number of nitrogens with zero attached hydrogens (tertiary/aromatic N) is 2. The standard InChI is InChI=1S/C14H13N3OS2/c1-16(2)10-5-3-4-6-11(10)17-13(18)9-7-8-20-12(9)15-14(17)19/h3-8H,1-2H3,(H,15,19). The van der Waals surface area contributed by atoms with Gasteiger partial charge in [-0.25, -0.2) is 0 Å². The lowest BCUT2D eigenvalue weighted by Crippen LogP contribution is -2.22. The van der Waals surface area contributed by atoms with Gasteiger partial charge in [-0.1, -0.05) is 12.1 Å². The second kappa shape index (κ2) is 4.88. The van der Waals surface area contributed by atoms with Crippen molar-refractivity contribution in [2.75, 3.05) is 19.0 Å². The molecule has 1 aromatic carbocycles. The molecule has 0 aliphatic carbocycles. The second-order valence-corrected chi connectivity index (χ2v) is 5.92. The summed E-state index contributed by atoms with van der Waals surface area (Å²) in [6.07, 6.45) is 0. The van der Waals surface area contributed by atoms with E-state index < -0.39 is 0 Å². The van der Waals surface area contributed by atoms with E-state index in [1.807, 2.05) is 54.7 Å². The fourth-order valence-electron chi connectivity index (χ4n) is 2.19. The quantitative estimate of drug-likeness (QED) is 0.739. The van der Waals surface area contributed by atoms with E-state index in [0.717, 1.165) is 16.2 Å². The molecule has 0 aliphatic rings. The van der Waals surface area contributed by atoms with Crippen molar-refractivity contribution in [2.45, 2.75) is 0 Å². The number of aromatic nitrogens is 2. The molecule has 0 saturated heterocycles. The van der Waals surface area contributed by atoms with Gasteiger partial charge in [-0.2, -0.15) is 0 Å². The molecule has 0 atom stereocenters. The van der Waals surface area contributed by atoms with Gasteiger partial charge in [-0.15, -0.1) is 11.3 Å². The molecule has 0 radical (unpaired) electrons. The summed E-state index contributed by atoms with van der Waals surface area (Å²) in [6.45, 7) is 0. The molecule has 4 nitrogen and oxygen atoms in total. The average Bonchev–Trinajstić information content (AvgIpc) is 2.87. The van der Waals surface area contributed by atoms with Crippen LogP contribution in [0.1, 0.15) is 0 Å². The first-order chi connectivity index (χ1) is 9.59. The van der Waals surface area contributed by atoms with Gasteiger partial charge in [0.05, 0.1) is 16.8 Å². The van der Waals surface area contributed by atoms with Crippen molar-refractivity contribution >= 4 is 39.5 Å². The Morgan fingerprint density at radius 3 is 2.75 bits per heavy atom. The number of hydrogen-bond acceptors (Lipinski definition) is 4. The maximum atomic E-state index is 12.7. The van der Waals surface area contributed by atoms with Crippen LogP contribution in [0.3, 0.4) is 0 Å². The van der Waals surface area contributed by atoms with Gasteiger partial charge in [0, 0.05) is 14.1 Å². The SMILES string of the molecule is CN(C)c1ccccc1-n1c(=S)[nH]c2sccc2c1=O. The minimum absolute atomic E-state index is 0.0840. The number of para-hydroxylation sites is 2. The summed E-state index contributed by atoms with van der Waals surface area (Å²) in [7, 11) is 3.89. The molecule has 2 heterocycles. The molecule has 102 valence electrons. The highest BCUT2D eigenvalue weighted by Crippen LogP contribution is 2.23. The molecular weight excluding hydrogens is 290 g/mol. The van der Waals surface area contributed by atoms with Crippen molar-refractivity contribution in [1.82, 2.24) is 9.55 Å². The lowest BCUT2D eigenvalue weighted by Gasteiger charge is -2.18. The number of rotatable bonds is 2. The summed E-state index contributed by atoms with van der Waals surface area (Å²) in [4.78, 5) is 18.6. The Bertz CT molecular complexity index is 889. The fraction of sp³-hybridized carbons (Fsp3) is 0.143. The maximum Gasteiger partial charge on any atom is 0.267 e. The van der Waals surface area contributed by atoms with E-state index in [-0.39, 0.29) is 5.56 Å². The first-order valence-corrected chi connectivity index (χ1v) is 7.37. The lowest BCUT2D eigenvalue weighted by molar-refractivity contribution is 0.932. The molecule has 6 heteroatoms. The number of aromatic amines is 1. The molecule has 3 aromatic rings. The van der Waals surface area contributed by atoms with Crippen LogP contribution in [-0.2, 0) is 0 Å². The van der Waals surface area contributed by atoms with Crippen molar-refractivity contribution in [1.29, 1.82) is 0 Å². The van der Waals surface area contributed by atoms with Crippen LogP contribution in [0.15, 0.2) is 40.5 Å². The summed E-state index contributed by atoms with van der Waals surface area (Å²) in [5, 5.41) is 2.55. The number of H-pyrrole nitrogens is 1. The van der Waals surface area contributed by atoms with Gasteiger partial charge in [-0.05, 0) is 35.8 Å². The number of anilines is 1. The normalized spacial score (nSPS) is 10.9. The Kier molecular flexibility index (Phi) is 3.19. The van der Waals surface area contributed by atoms with Gasteiger partial charge in [0.15, 0.2) is 4.77 Å². The largest absolute Gasteiger partial charge is 0.376 e. The zero-order valence-electron chi connectivity index (χ0n) is 11.1. The molecule has 0 saturated carbocycles. The maximum absolute atomic E-state index is 12.7. The first-order valence-electron chi connectivity index (χ1n) is 6.09. The Hall–Kier alpha value is -1.92. The van der Waals surface area contributed by atoms with Crippen LogP contribution in [-0.4, -0.2) is 23.6 Å².